The molecule has 4 fully saturated rings. The standard InChI is InChI=1S/C115H88B2N4O/c1-115(2,3)88-68-105-111-109(69-88)122-108-73-104-100(72-101(108)117(111)99-54-32-34-56-103(99)119(105)112-92(79-41-19-7-20-42-79)62-85(76-35-13-4-14-36-76)63-93(112)80-43-21-8-22-44-80)116-98-53-31-33-55-102(98)120(113-94(81-45-23-9-24-46-81)64-86(77-37-15-5-16-38-77)65-95(113)82-47-25-10-26-48-82)106-70-91(118-89-58-74-57-75(60-89)61-90(118)59-74)71-107(110(106)116)121(104)114-96(83-49-27-11-28-50-83)66-87(78-39-17-6-18-40-78)67-97(114)84-51-29-12-30-52-84/h4-56,62-75,89-90H,57-61H2,1-3H3/i4D,5D,6D,7D,8D,9D,10D,11D,12D,13D,14D,15D,16D,17D,18D,19D,20D,21D,22D,23D,24D,25D,26D,27D,28D,29D,30D,35D,36D,37D,38D,39D,40D,41D,42D,43D,44D,45D,46D,47D,48D,49D,50D,51D,52D. The maximum Gasteiger partial charge on any atom is 0.256 e. The lowest BCUT2D eigenvalue weighted by molar-refractivity contribution is 0.0900. The molecule has 8 aliphatic rings. The zero-order valence-electron chi connectivity index (χ0n) is 110. The van der Waals surface area contributed by atoms with Gasteiger partial charge >= 0.3 is 0 Å². The quantitative estimate of drug-likeness (QED) is 0.107. The summed E-state index contributed by atoms with van der Waals surface area (Å²) < 4.78 is 444. The van der Waals surface area contributed by atoms with Crippen molar-refractivity contribution < 1.29 is 66.4 Å². The third-order valence-corrected chi connectivity index (χ3v) is 24.8. The Labute approximate surface area is 779 Å². The van der Waals surface area contributed by atoms with Crippen LogP contribution in [-0.4, -0.2) is 25.5 Å². The van der Waals surface area contributed by atoms with E-state index in [4.69, 9.17) is 14.3 Å². The molecular formula is C115H88B2N4O. The topological polar surface area (TPSA) is 22.2 Å². The van der Waals surface area contributed by atoms with Crippen molar-refractivity contribution in [2.24, 2.45) is 11.8 Å². The van der Waals surface area contributed by atoms with Crippen LogP contribution in [0.15, 0.2) is 393 Å². The number of rotatable bonds is 13. The van der Waals surface area contributed by atoms with Crippen molar-refractivity contribution in [2.75, 3.05) is 19.6 Å². The predicted octanol–water partition coefficient (Wildman–Crippen LogP) is 26.2. The molecular weight excluding hydrogens is 1470 g/mol. The van der Waals surface area contributed by atoms with Gasteiger partial charge in [0.1, 0.15) is 11.5 Å². The van der Waals surface area contributed by atoms with Gasteiger partial charge in [-0.1, -0.05) is 335 Å². The van der Waals surface area contributed by atoms with Crippen molar-refractivity contribution in [1.29, 1.82) is 0 Å². The van der Waals surface area contributed by atoms with Crippen LogP contribution in [0.4, 0.5) is 56.9 Å². The number of piperidine rings is 2. The van der Waals surface area contributed by atoms with Crippen LogP contribution in [0.25, 0.3) is 100 Å². The zero-order chi connectivity index (χ0) is 120. The molecule has 7 heteroatoms. The van der Waals surface area contributed by atoms with E-state index >= 15 is 0 Å². The van der Waals surface area contributed by atoms with Crippen molar-refractivity contribution >= 4 is 103 Å². The minimum atomic E-state index is -1.45. The molecule has 6 heterocycles. The van der Waals surface area contributed by atoms with E-state index in [2.05, 4.69) is 4.90 Å². The zero-order valence-corrected chi connectivity index (χ0v) is 65.2. The minimum Gasteiger partial charge on any atom is -0.458 e. The summed E-state index contributed by atoms with van der Waals surface area (Å²) in [5, 5.41) is 0. The van der Waals surface area contributed by atoms with E-state index in [1.807, 2.05) is 20.8 Å². The van der Waals surface area contributed by atoms with E-state index in [0.717, 1.165) is 6.42 Å². The van der Waals surface area contributed by atoms with E-state index < -0.39 is 397 Å². The SMILES string of the molecule is [2H]c1c([2H])c([2H])c(-c2cc(-c3c([2H])c([2H])c([2H])c([2H])c3[2H])c(N3c4ccccc4B4c5cc6c(cc5Oc5cc(C(C)(C)C)cc3c54)N(c3c(-c4c([2H])c([2H])c([2H])c([2H])c4[2H])cc(-c4c([2H])c([2H])c([2H])c([2H])c4[2H])cc3-c3c([2H])c([2H])c([2H])c([2H])c3[2H])c3cc(N4C5CC7CC(C5)CC4C7)cc4c3B6c3ccccc3N4c3c(-c4c([2H])c([2H])c([2H])c([2H])c4[2H])cc(-c4c([2H])c([2H])c([2H])c([2H])c4[2H])cc3-c3c([2H])c([2H])c([2H])c([2H])c3[2H])c(-c3c([2H])c([2H])c([2H])c([2H])c3[2H])c2)c([2H])c1[2H]. The number of hydrogen-bond acceptors (Lipinski definition) is 5. The van der Waals surface area contributed by atoms with E-state index in [1.165, 1.54) is 36.4 Å². The molecule has 2 aliphatic carbocycles. The Kier molecular flexibility index (Phi) is 9.41. The maximum atomic E-state index is 10.5. The lowest BCUT2D eigenvalue weighted by atomic mass is 9.30. The molecule has 6 aliphatic heterocycles. The molecule has 4 bridgehead atoms. The molecule has 0 spiro atoms. The van der Waals surface area contributed by atoms with Crippen molar-refractivity contribution in [2.45, 2.75) is 70.4 Å². The van der Waals surface area contributed by atoms with Gasteiger partial charge in [0.25, 0.3) is 13.4 Å². The fourth-order valence-electron chi connectivity index (χ4n) is 20.1. The summed E-state index contributed by atoms with van der Waals surface area (Å²) in [5.74, 6) is 0.257. The molecule has 5 nitrogen and oxygen atoms in total. The first-order valence-electron chi connectivity index (χ1n) is 62.6. The second kappa shape index (κ2) is 28.8. The summed E-state index contributed by atoms with van der Waals surface area (Å²) in [5.41, 5.74) is -10.3. The number of anilines is 10. The van der Waals surface area contributed by atoms with Crippen LogP contribution >= 0.6 is 0 Å². The lowest BCUT2D eigenvalue weighted by Gasteiger charge is -2.58. The van der Waals surface area contributed by atoms with Gasteiger partial charge in [0, 0.05) is 91.3 Å². The molecule has 17 aromatic rings. The van der Waals surface area contributed by atoms with E-state index in [1.54, 1.807) is 99.6 Å². The highest BCUT2D eigenvalue weighted by atomic mass is 16.5. The van der Waals surface area contributed by atoms with Gasteiger partial charge in [-0.25, -0.2) is 0 Å². The number of fused-ring (bicyclic) bond motifs is 8. The number of hydrogen-bond donors (Lipinski definition) is 0. The molecule has 2 saturated carbocycles. The third kappa shape index (κ3) is 11.8. The largest absolute Gasteiger partial charge is 0.458 e. The molecule has 0 N–H and O–H groups in total. The minimum absolute atomic E-state index is 0.000410. The first-order valence-corrected chi connectivity index (χ1v) is 40.1. The molecule has 17 aromatic carbocycles. The molecule has 0 aromatic heterocycles. The van der Waals surface area contributed by atoms with E-state index in [9.17, 15) is 52.1 Å². The van der Waals surface area contributed by atoms with Gasteiger partial charge in [-0.2, -0.15) is 0 Å². The Morgan fingerprint density at radius 1 is 0.279 bits per heavy atom. The van der Waals surface area contributed by atoms with Gasteiger partial charge in [0.05, 0.1) is 78.7 Å². The summed E-state index contributed by atoms with van der Waals surface area (Å²) in [6.07, 6.45) is 3.20. The smallest absolute Gasteiger partial charge is 0.256 e. The summed E-state index contributed by atoms with van der Waals surface area (Å²) in [7, 11) is 0. The second-order valence-electron chi connectivity index (χ2n) is 32.5. The van der Waals surface area contributed by atoms with Crippen LogP contribution in [0.2, 0.25) is 0 Å². The Morgan fingerprint density at radius 3 is 0.934 bits per heavy atom. The molecule has 0 amide bonds. The Bertz CT molecular complexity index is 9390. The van der Waals surface area contributed by atoms with Gasteiger partial charge in [0.15, 0.2) is 0 Å². The first-order chi connectivity index (χ1) is 78.8. The van der Waals surface area contributed by atoms with Crippen LogP contribution < -0.4 is 57.1 Å². The van der Waals surface area contributed by atoms with Crippen molar-refractivity contribution in [3.8, 4) is 112 Å². The monoisotopic (exact) mass is 1610 g/mol. The molecule has 122 heavy (non-hydrogen) atoms. The first kappa shape index (κ1) is 39.8. The molecule has 580 valence electrons. The van der Waals surface area contributed by atoms with Crippen LogP contribution in [-0.2, 0) is 5.41 Å². The van der Waals surface area contributed by atoms with Crippen molar-refractivity contribution in [3.63, 3.8) is 0 Å². The van der Waals surface area contributed by atoms with Crippen molar-refractivity contribution in [1.82, 2.24) is 0 Å². The highest BCUT2D eigenvalue weighted by Gasteiger charge is 2.52. The highest BCUT2D eigenvalue weighted by Crippen LogP contribution is 2.59. The van der Waals surface area contributed by atoms with Gasteiger partial charge in [0.2, 0.25) is 0 Å². The fourth-order valence-corrected chi connectivity index (χ4v) is 20.1. The molecule has 0 atom stereocenters. The van der Waals surface area contributed by atoms with Gasteiger partial charge in [-0.3, -0.25) is 0 Å². The van der Waals surface area contributed by atoms with Crippen LogP contribution in [0.5, 0.6) is 11.5 Å². The van der Waals surface area contributed by atoms with Gasteiger partial charge < -0.3 is 24.3 Å². The average Bonchev–Trinajstić information content (AvgIpc) is 0.674. The molecule has 25 rings (SSSR count). The Hall–Kier alpha value is -14.1. The normalized spacial score (nSPS) is 21.8. The number of benzene rings is 17. The fraction of sp³-hybridized carbons (Fsp3) is 0.113. The summed E-state index contributed by atoms with van der Waals surface area (Å²) in [6, 6.07) is -11.0. The van der Waals surface area contributed by atoms with E-state index in [-0.39, 0.29) is 114 Å². The second-order valence-corrected chi connectivity index (χ2v) is 32.5. The average molecular weight is 1610 g/mol. The lowest BCUT2D eigenvalue weighted by Crippen LogP contribution is -2.64. The summed E-state index contributed by atoms with van der Waals surface area (Å²) in [4.78, 5) is 6.98. The summed E-state index contributed by atoms with van der Waals surface area (Å²) >= 11 is 0. The number of para-hydroxylation sites is 2. The third-order valence-electron chi connectivity index (χ3n) is 24.8. The summed E-state index contributed by atoms with van der Waals surface area (Å²) in [6.45, 7) is 2.82. The maximum absolute atomic E-state index is 10.5. The van der Waals surface area contributed by atoms with E-state index in [0.29, 0.717) is 36.9 Å². The van der Waals surface area contributed by atoms with Crippen LogP contribution in [0.3, 0.4) is 0 Å². The van der Waals surface area contributed by atoms with Gasteiger partial charge in [-0.05, 0) is 227 Å². The Morgan fingerprint density at radius 2 is 0.590 bits per heavy atom. The van der Waals surface area contributed by atoms with Crippen LogP contribution in [0, 0.1) is 11.8 Å². The van der Waals surface area contributed by atoms with Crippen LogP contribution in [0.1, 0.15) is 120 Å². The molecule has 2 saturated heterocycles. The molecule has 0 unspecified atom stereocenters. The highest BCUT2D eigenvalue weighted by molar-refractivity contribution is 7.02. The Balaban J connectivity index is 0.914. The van der Waals surface area contributed by atoms with Crippen molar-refractivity contribution in [3.05, 3.63) is 399 Å². The van der Waals surface area contributed by atoms with Gasteiger partial charge in [-0.15, -0.1) is 0 Å². The molecule has 0 radical (unpaired) electrons. The predicted molar refractivity (Wildman–Crippen MR) is 514 cm³/mol. The number of ether oxygens (including phenoxy) is 1. The number of nitrogens with zero attached hydrogens (tertiary/aromatic N) is 4.